The number of hydrogen-bond acceptors (Lipinski definition) is 3. The van der Waals surface area contributed by atoms with Crippen LogP contribution in [0.2, 0.25) is 0 Å². The Bertz CT molecular complexity index is 349. The second kappa shape index (κ2) is 8.50. The third-order valence-electron chi connectivity index (χ3n) is 2.94. The molecule has 0 unspecified atom stereocenters. The summed E-state index contributed by atoms with van der Waals surface area (Å²) in [6, 6.07) is 6.58. The van der Waals surface area contributed by atoms with Crippen molar-refractivity contribution in [3.8, 4) is 0 Å². The topological polar surface area (TPSA) is 55.2 Å². The van der Waals surface area contributed by atoms with Crippen molar-refractivity contribution in [1.82, 2.24) is 0 Å². The van der Waals surface area contributed by atoms with E-state index in [0.29, 0.717) is 0 Å². The van der Waals surface area contributed by atoms with Crippen LogP contribution in [0, 0.1) is 10.1 Å². The van der Waals surface area contributed by atoms with Crippen molar-refractivity contribution in [1.29, 1.82) is 0 Å². The van der Waals surface area contributed by atoms with Gasteiger partial charge in [-0.2, -0.15) is 0 Å². The highest BCUT2D eigenvalue weighted by molar-refractivity contribution is 5.48. The van der Waals surface area contributed by atoms with Crippen LogP contribution in [-0.2, 0) is 0 Å². The number of nitro groups is 1. The van der Waals surface area contributed by atoms with Crippen molar-refractivity contribution in [3.05, 3.63) is 34.4 Å². The van der Waals surface area contributed by atoms with E-state index < -0.39 is 0 Å². The number of nitro benzene ring substituents is 1. The molecule has 0 saturated carbocycles. The van der Waals surface area contributed by atoms with Crippen LogP contribution in [0.15, 0.2) is 24.3 Å². The number of unbranched alkanes of at least 4 members (excludes halogenated alkanes) is 5. The molecule has 0 atom stereocenters. The van der Waals surface area contributed by atoms with Gasteiger partial charge in [0, 0.05) is 24.4 Å². The molecule has 1 aromatic rings. The first kappa shape index (κ1) is 14.5. The molecule has 18 heavy (non-hydrogen) atoms. The molecule has 1 N–H and O–H groups in total. The third-order valence-corrected chi connectivity index (χ3v) is 2.94. The standard InChI is InChI=1S/C14H22N2O2/c1-2-3-4-5-6-7-12-15-13-8-10-14(11-9-13)16(17)18/h8-11,15H,2-7,12H2,1H3. The van der Waals surface area contributed by atoms with Gasteiger partial charge in [-0.1, -0.05) is 39.0 Å². The molecule has 0 heterocycles. The van der Waals surface area contributed by atoms with Gasteiger partial charge in [0.15, 0.2) is 0 Å². The first-order valence-electron chi connectivity index (χ1n) is 6.72. The molecule has 1 rings (SSSR count). The third kappa shape index (κ3) is 5.66. The summed E-state index contributed by atoms with van der Waals surface area (Å²) in [6.45, 7) is 3.15. The van der Waals surface area contributed by atoms with Crippen LogP contribution in [0.5, 0.6) is 0 Å². The van der Waals surface area contributed by atoms with Gasteiger partial charge in [-0.25, -0.2) is 0 Å². The molecule has 0 fully saturated rings. The minimum Gasteiger partial charge on any atom is -0.385 e. The molecular weight excluding hydrogens is 228 g/mol. The summed E-state index contributed by atoms with van der Waals surface area (Å²) < 4.78 is 0. The summed E-state index contributed by atoms with van der Waals surface area (Å²) in [7, 11) is 0. The van der Waals surface area contributed by atoms with Crippen molar-refractivity contribution >= 4 is 11.4 Å². The van der Waals surface area contributed by atoms with Crippen molar-refractivity contribution < 1.29 is 4.92 Å². The summed E-state index contributed by atoms with van der Waals surface area (Å²) in [5, 5.41) is 13.8. The fourth-order valence-corrected chi connectivity index (χ4v) is 1.84. The van der Waals surface area contributed by atoms with Gasteiger partial charge in [-0.15, -0.1) is 0 Å². The van der Waals surface area contributed by atoms with E-state index in [0.717, 1.165) is 18.7 Å². The predicted molar refractivity (Wildman–Crippen MR) is 75.0 cm³/mol. The van der Waals surface area contributed by atoms with Crippen LogP contribution in [0.4, 0.5) is 11.4 Å². The van der Waals surface area contributed by atoms with Gasteiger partial charge in [0.1, 0.15) is 0 Å². The Kier molecular flexibility index (Phi) is 6.84. The highest BCUT2D eigenvalue weighted by Gasteiger charge is 2.02. The highest BCUT2D eigenvalue weighted by atomic mass is 16.6. The summed E-state index contributed by atoms with van der Waals surface area (Å²) in [4.78, 5) is 10.1. The minimum atomic E-state index is -0.377. The van der Waals surface area contributed by atoms with E-state index in [9.17, 15) is 10.1 Å². The lowest BCUT2D eigenvalue weighted by atomic mass is 10.1. The fourth-order valence-electron chi connectivity index (χ4n) is 1.84. The molecule has 1 aromatic carbocycles. The van der Waals surface area contributed by atoms with Crippen LogP contribution in [0.25, 0.3) is 0 Å². The molecule has 0 aliphatic heterocycles. The van der Waals surface area contributed by atoms with Crippen molar-refractivity contribution in [2.75, 3.05) is 11.9 Å². The van der Waals surface area contributed by atoms with Gasteiger partial charge in [-0.3, -0.25) is 10.1 Å². The van der Waals surface area contributed by atoms with Crippen LogP contribution in [-0.4, -0.2) is 11.5 Å². The maximum absolute atomic E-state index is 10.5. The van der Waals surface area contributed by atoms with Gasteiger partial charge < -0.3 is 5.32 Å². The number of nitrogens with one attached hydrogen (secondary N) is 1. The molecule has 100 valence electrons. The van der Waals surface area contributed by atoms with Gasteiger partial charge in [0.2, 0.25) is 0 Å². The van der Waals surface area contributed by atoms with E-state index in [-0.39, 0.29) is 10.6 Å². The van der Waals surface area contributed by atoms with E-state index in [1.54, 1.807) is 12.1 Å². The minimum absolute atomic E-state index is 0.139. The SMILES string of the molecule is CCCCCCCCNc1ccc([N+](=O)[O-])cc1. The number of hydrogen-bond donors (Lipinski definition) is 1. The van der Waals surface area contributed by atoms with Crippen molar-refractivity contribution in [2.45, 2.75) is 45.4 Å². The zero-order chi connectivity index (χ0) is 13.2. The smallest absolute Gasteiger partial charge is 0.269 e. The lowest BCUT2D eigenvalue weighted by molar-refractivity contribution is -0.384. The van der Waals surface area contributed by atoms with Gasteiger partial charge in [-0.05, 0) is 18.6 Å². The molecule has 0 aliphatic rings. The average Bonchev–Trinajstić information content (AvgIpc) is 2.38. The molecule has 0 spiro atoms. The molecule has 4 nitrogen and oxygen atoms in total. The summed E-state index contributed by atoms with van der Waals surface area (Å²) in [5.74, 6) is 0. The highest BCUT2D eigenvalue weighted by Crippen LogP contribution is 2.15. The van der Waals surface area contributed by atoms with E-state index in [1.807, 2.05) is 0 Å². The summed E-state index contributed by atoms with van der Waals surface area (Å²) >= 11 is 0. The number of anilines is 1. The molecular formula is C14H22N2O2. The van der Waals surface area contributed by atoms with Crippen molar-refractivity contribution in [2.24, 2.45) is 0 Å². The number of benzene rings is 1. The van der Waals surface area contributed by atoms with Crippen LogP contribution >= 0.6 is 0 Å². The summed E-state index contributed by atoms with van der Waals surface area (Å²) in [5.41, 5.74) is 1.09. The van der Waals surface area contributed by atoms with E-state index in [4.69, 9.17) is 0 Å². The lowest BCUT2D eigenvalue weighted by Crippen LogP contribution is -2.01. The first-order chi connectivity index (χ1) is 8.74. The molecule has 4 heteroatoms. The maximum Gasteiger partial charge on any atom is 0.269 e. The molecule has 0 bridgehead atoms. The average molecular weight is 250 g/mol. The quantitative estimate of drug-likeness (QED) is 0.402. The lowest BCUT2D eigenvalue weighted by Gasteiger charge is -2.05. The Hall–Kier alpha value is -1.58. The Morgan fingerprint density at radius 1 is 1.06 bits per heavy atom. The van der Waals surface area contributed by atoms with Crippen LogP contribution in [0.1, 0.15) is 45.4 Å². The Balaban J connectivity index is 2.14. The Morgan fingerprint density at radius 3 is 2.28 bits per heavy atom. The fraction of sp³-hybridized carbons (Fsp3) is 0.571. The molecule has 0 aromatic heterocycles. The maximum atomic E-state index is 10.5. The Morgan fingerprint density at radius 2 is 1.67 bits per heavy atom. The predicted octanol–water partition coefficient (Wildman–Crippen LogP) is 4.37. The molecule has 0 saturated heterocycles. The molecule has 0 radical (unpaired) electrons. The van der Waals surface area contributed by atoms with Gasteiger partial charge in [0.25, 0.3) is 5.69 Å². The second-order valence-electron chi connectivity index (χ2n) is 4.50. The zero-order valence-electron chi connectivity index (χ0n) is 11.0. The van der Waals surface area contributed by atoms with Crippen molar-refractivity contribution in [3.63, 3.8) is 0 Å². The number of non-ortho nitro benzene ring substituents is 1. The monoisotopic (exact) mass is 250 g/mol. The zero-order valence-corrected chi connectivity index (χ0v) is 11.0. The normalized spacial score (nSPS) is 10.3. The number of nitrogens with zero attached hydrogens (tertiary/aromatic N) is 1. The van der Waals surface area contributed by atoms with Gasteiger partial charge in [0.05, 0.1) is 4.92 Å². The van der Waals surface area contributed by atoms with E-state index >= 15 is 0 Å². The second-order valence-corrected chi connectivity index (χ2v) is 4.50. The summed E-state index contributed by atoms with van der Waals surface area (Å²) in [6.07, 6.45) is 7.64. The Labute approximate surface area is 109 Å². The van der Waals surface area contributed by atoms with Gasteiger partial charge >= 0.3 is 0 Å². The van der Waals surface area contributed by atoms with E-state index in [1.165, 1.54) is 44.2 Å². The first-order valence-corrected chi connectivity index (χ1v) is 6.72. The van der Waals surface area contributed by atoms with Crippen LogP contribution in [0.3, 0.4) is 0 Å². The largest absolute Gasteiger partial charge is 0.385 e. The molecule has 0 aliphatic carbocycles. The molecule has 0 amide bonds. The van der Waals surface area contributed by atoms with E-state index in [2.05, 4.69) is 12.2 Å². The van der Waals surface area contributed by atoms with Crippen LogP contribution < -0.4 is 5.32 Å². The number of rotatable bonds is 9.